The maximum Gasteiger partial charge on any atom is 0.338 e. The van der Waals surface area contributed by atoms with Crippen LogP contribution >= 0.6 is 15.9 Å². The van der Waals surface area contributed by atoms with Gasteiger partial charge in [0.2, 0.25) is 5.78 Å². The lowest BCUT2D eigenvalue weighted by molar-refractivity contribution is -0.385. The third kappa shape index (κ3) is 5.99. The average molecular weight is 484 g/mol. The normalized spacial score (nSPS) is 10.4. The summed E-state index contributed by atoms with van der Waals surface area (Å²) in [6.45, 7) is 1.41. The minimum Gasteiger partial charge on any atom is -0.489 e. The smallest absolute Gasteiger partial charge is 0.338 e. The highest BCUT2D eigenvalue weighted by atomic mass is 79.9. The van der Waals surface area contributed by atoms with Crippen LogP contribution < -0.4 is 4.74 Å². The van der Waals surface area contributed by atoms with E-state index in [-0.39, 0.29) is 16.8 Å². The van der Waals surface area contributed by atoms with Crippen LogP contribution in [0.1, 0.15) is 31.8 Å². The van der Waals surface area contributed by atoms with Crippen molar-refractivity contribution < 1.29 is 24.0 Å². The summed E-state index contributed by atoms with van der Waals surface area (Å²) in [5.41, 5.74) is 1.56. The zero-order valence-electron chi connectivity index (χ0n) is 16.5. The van der Waals surface area contributed by atoms with Gasteiger partial charge in [-0.2, -0.15) is 0 Å². The predicted octanol–water partition coefficient (Wildman–Crippen LogP) is 5.28. The molecular formula is C23H18BrNO6. The van der Waals surface area contributed by atoms with Crippen LogP contribution in [-0.4, -0.2) is 23.3 Å². The van der Waals surface area contributed by atoms with E-state index in [2.05, 4.69) is 15.9 Å². The van der Waals surface area contributed by atoms with E-state index in [1.165, 1.54) is 18.2 Å². The van der Waals surface area contributed by atoms with Gasteiger partial charge in [-0.1, -0.05) is 40.2 Å². The molecule has 0 N–H and O–H groups in total. The summed E-state index contributed by atoms with van der Waals surface area (Å²) >= 11 is 3.36. The fourth-order valence-corrected chi connectivity index (χ4v) is 2.98. The van der Waals surface area contributed by atoms with Gasteiger partial charge >= 0.3 is 5.97 Å². The van der Waals surface area contributed by atoms with Gasteiger partial charge in [0.1, 0.15) is 12.4 Å². The Hall–Kier alpha value is -3.52. The van der Waals surface area contributed by atoms with Gasteiger partial charge in [0.25, 0.3) is 5.69 Å². The molecule has 0 aliphatic heterocycles. The molecule has 0 atom stereocenters. The summed E-state index contributed by atoms with van der Waals surface area (Å²) in [6.07, 6.45) is 0. The molecule has 0 unspecified atom stereocenters. The molecule has 0 saturated heterocycles. The largest absolute Gasteiger partial charge is 0.489 e. The molecule has 0 fully saturated rings. The van der Waals surface area contributed by atoms with Crippen molar-refractivity contribution in [1.82, 2.24) is 0 Å². The van der Waals surface area contributed by atoms with Gasteiger partial charge in [0.05, 0.1) is 10.5 Å². The molecule has 3 aromatic rings. The second kappa shape index (κ2) is 9.99. The minimum atomic E-state index is -0.657. The van der Waals surface area contributed by atoms with Crippen LogP contribution in [0.2, 0.25) is 0 Å². The number of hydrogen-bond acceptors (Lipinski definition) is 6. The van der Waals surface area contributed by atoms with Crippen molar-refractivity contribution in [2.24, 2.45) is 0 Å². The number of nitro benzene ring substituents is 1. The van der Waals surface area contributed by atoms with Crippen LogP contribution in [0.15, 0.2) is 71.2 Å². The van der Waals surface area contributed by atoms with Gasteiger partial charge in [-0.05, 0) is 48.9 Å². The van der Waals surface area contributed by atoms with Crippen molar-refractivity contribution in [2.45, 2.75) is 13.5 Å². The second-order valence-corrected chi connectivity index (χ2v) is 7.61. The van der Waals surface area contributed by atoms with E-state index in [0.29, 0.717) is 12.2 Å². The molecular weight excluding hydrogens is 466 g/mol. The number of ether oxygens (including phenoxy) is 2. The maximum absolute atomic E-state index is 12.2. The van der Waals surface area contributed by atoms with Gasteiger partial charge in [0, 0.05) is 21.7 Å². The number of nitrogens with zero attached hydrogens (tertiary/aromatic N) is 1. The summed E-state index contributed by atoms with van der Waals surface area (Å²) in [4.78, 5) is 34.9. The third-order valence-electron chi connectivity index (χ3n) is 4.47. The van der Waals surface area contributed by atoms with Crippen molar-refractivity contribution in [3.63, 3.8) is 0 Å². The molecule has 0 aliphatic carbocycles. The highest BCUT2D eigenvalue weighted by Gasteiger charge is 2.17. The second-order valence-electron chi connectivity index (χ2n) is 6.70. The summed E-state index contributed by atoms with van der Waals surface area (Å²) < 4.78 is 11.7. The molecule has 0 radical (unpaired) electrons. The number of carbonyl (C=O) groups excluding carboxylic acids is 2. The molecule has 158 valence electrons. The summed E-state index contributed by atoms with van der Waals surface area (Å²) in [7, 11) is 0. The Morgan fingerprint density at radius 2 is 1.61 bits per heavy atom. The standard InChI is InChI=1S/C23H18BrNO6/c1-15-2-5-18(12-21(15)25(28)29)22(26)14-31-23(27)17-6-3-16(4-7-17)13-30-20-10-8-19(24)9-11-20/h2-12H,13-14H2,1H3. The van der Waals surface area contributed by atoms with E-state index in [1.807, 2.05) is 24.3 Å². The molecule has 8 heteroatoms. The van der Waals surface area contributed by atoms with Crippen LogP contribution in [0.25, 0.3) is 0 Å². The Balaban J connectivity index is 1.54. The van der Waals surface area contributed by atoms with Crippen molar-refractivity contribution in [1.29, 1.82) is 0 Å². The van der Waals surface area contributed by atoms with Gasteiger partial charge in [-0.3, -0.25) is 14.9 Å². The highest BCUT2D eigenvalue weighted by molar-refractivity contribution is 9.10. The van der Waals surface area contributed by atoms with Crippen molar-refractivity contribution in [3.05, 3.63) is 104 Å². The molecule has 3 aromatic carbocycles. The Kier molecular flexibility index (Phi) is 7.15. The number of benzene rings is 3. The molecule has 0 amide bonds. The van der Waals surface area contributed by atoms with Crippen LogP contribution in [0, 0.1) is 17.0 Å². The number of rotatable bonds is 8. The van der Waals surface area contributed by atoms with Crippen LogP contribution in [0.5, 0.6) is 5.75 Å². The summed E-state index contributed by atoms with van der Waals surface area (Å²) in [5.74, 6) is -0.451. The number of ketones is 1. The minimum absolute atomic E-state index is 0.116. The Morgan fingerprint density at radius 3 is 2.26 bits per heavy atom. The Bertz CT molecular complexity index is 1110. The fraction of sp³-hybridized carbons (Fsp3) is 0.130. The van der Waals surface area contributed by atoms with E-state index in [1.54, 1.807) is 31.2 Å². The number of hydrogen-bond donors (Lipinski definition) is 0. The first-order valence-electron chi connectivity index (χ1n) is 9.26. The molecule has 3 rings (SSSR count). The van der Waals surface area contributed by atoms with Crippen molar-refractivity contribution in [3.8, 4) is 5.75 Å². The number of Topliss-reactive ketones (excluding diaryl/α,β-unsaturated/α-hetero) is 1. The molecule has 0 aromatic heterocycles. The van der Waals surface area contributed by atoms with E-state index >= 15 is 0 Å². The molecule has 0 heterocycles. The van der Waals surface area contributed by atoms with E-state index in [9.17, 15) is 19.7 Å². The topological polar surface area (TPSA) is 95.7 Å². The number of nitro groups is 1. The van der Waals surface area contributed by atoms with Crippen LogP contribution in [-0.2, 0) is 11.3 Å². The summed E-state index contributed by atoms with van der Waals surface area (Å²) in [6, 6.07) is 18.2. The quantitative estimate of drug-likeness (QED) is 0.187. The zero-order valence-corrected chi connectivity index (χ0v) is 18.1. The number of esters is 1. The van der Waals surface area contributed by atoms with Crippen molar-refractivity contribution in [2.75, 3.05) is 6.61 Å². The van der Waals surface area contributed by atoms with Gasteiger partial charge in [-0.15, -0.1) is 0 Å². The molecule has 0 spiro atoms. The highest BCUT2D eigenvalue weighted by Crippen LogP contribution is 2.20. The Morgan fingerprint density at radius 1 is 0.968 bits per heavy atom. The molecule has 0 aliphatic rings. The molecule has 0 saturated carbocycles. The molecule has 0 bridgehead atoms. The van der Waals surface area contributed by atoms with E-state index < -0.39 is 23.3 Å². The lowest BCUT2D eigenvalue weighted by atomic mass is 10.1. The first-order chi connectivity index (χ1) is 14.8. The summed E-state index contributed by atoms with van der Waals surface area (Å²) in [5, 5.41) is 11.0. The average Bonchev–Trinajstić information content (AvgIpc) is 2.77. The Labute approximate surface area is 186 Å². The number of carbonyl (C=O) groups is 2. The van der Waals surface area contributed by atoms with Crippen molar-refractivity contribution >= 4 is 33.4 Å². The first-order valence-corrected chi connectivity index (χ1v) is 10.1. The van der Waals surface area contributed by atoms with Gasteiger partial charge in [0.15, 0.2) is 6.61 Å². The van der Waals surface area contributed by atoms with Gasteiger partial charge in [-0.25, -0.2) is 4.79 Å². The fourth-order valence-electron chi connectivity index (χ4n) is 2.71. The van der Waals surface area contributed by atoms with E-state index in [0.717, 1.165) is 15.8 Å². The lowest BCUT2D eigenvalue weighted by Crippen LogP contribution is -2.14. The lowest BCUT2D eigenvalue weighted by Gasteiger charge is -2.08. The van der Waals surface area contributed by atoms with Crippen LogP contribution in [0.3, 0.4) is 0 Å². The van der Waals surface area contributed by atoms with E-state index in [4.69, 9.17) is 9.47 Å². The monoisotopic (exact) mass is 483 g/mol. The van der Waals surface area contributed by atoms with Crippen LogP contribution in [0.4, 0.5) is 5.69 Å². The number of aryl methyl sites for hydroxylation is 1. The molecule has 31 heavy (non-hydrogen) atoms. The maximum atomic E-state index is 12.2. The molecule has 7 nitrogen and oxygen atoms in total. The van der Waals surface area contributed by atoms with Gasteiger partial charge < -0.3 is 9.47 Å². The number of halogens is 1. The zero-order chi connectivity index (χ0) is 22.4. The SMILES string of the molecule is Cc1ccc(C(=O)COC(=O)c2ccc(COc3ccc(Br)cc3)cc2)cc1[N+](=O)[O-]. The predicted molar refractivity (Wildman–Crippen MR) is 117 cm³/mol. The third-order valence-corrected chi connectivity index (χ3v) is 5.00. The first kappa shape index (κ1) is 22.2.